The number of nitrogens with zero attached hydrogens (tertiary/aromatic N) is 1. The van der Waals surface area contributed by atoms with Gasteiger partial charge in [0.25, 0.3) is 5.91 Å². The number of aliphatic carboxylic acids is 1. The summed E-state index contributed by atoms with van der Waals surface area (Å²) in [6.45, 7) is 2.84. The van der Waals surface area contributed by atoms with Crippen LogP contribution in [-0.2, 0) is 19.7 Å². The summed E-state index contributed by atoms with van der Waals surface area (Å²) in [5, 5.41) is 10.4. The molecule has 0 spiro atoms. The molecule has 0 aromatic heterocycles. The van der Waals surface area contributed by atoms with E-state index in [-0.39, 0.29) is 36.8 Å². The third-order valence-corrected chi connectivity index (χ3v) is 9.40. The molecule has 2 aliphatic heterocycles. The molecule has 1 atom stereocenters. The molecule has 3 N–H and O–H groups in total. The van der Waals surface area contributed by atoms with Crippen LogP contribution in [0.4, 0.5) is 17.6 Å². The fourth-order valence-electron chi connectivity index (χ4n) is 5.43. The van der Waals surface area contributed by atoms with Crippen LogP contribution in [0.25, 0.3) is 0 Å². The Labute approximate surface area is 242 Å². The zero-order valence-corrected chi connectivity index (χ0v) is 23.9. The molecule has 0 radical (unpaired) electrons. The summed E-state index contributed by atoms with van der Waals surface area (Å²) in [4.78, 5) is 21.8. The van der Waals surface area contributed by atoms with Crippen molar-refractivity contribution < 1.29 is 50.1 Å². The van der Waals surface area contributed by atoms with Crippen LogP contribution in [0.15, 0.2) is 12.1 Å². The summed E-state index contributed by atoms with van der Waals surface area (Å²) in [5.74, 6) is -3.26. The smallest absolute Gasteiger partial charge is 0.490 e. The number of hydrogen-bond acceptors (Lipinski definition) is 7. The Kier molecular flexibility index (Phi) is 10.7. The lowest BCUT2D eigenvalue weighted by Crippen LogP contribution is -2.48. The second kappa shape index (κ2) is 13.9. The molecule has 2 heterocycles. The van der Waals surface area contributed by atoms with E-state index in [1.54, 1.807) is 0 Å². The number of hydrogen-bond donors (Lipinski definition) is 3. The quantitative estimate of drug-likeness (QED) is 0.355. The molecule has 236 valence electrons. The number of nitrogens with one attached hydrogen (secondary N) is 2. The fourth-order valence-corrected chi connectivity index (χ4v) is 6.60. The zero-order valence-electron chi connectivity index (χ0n) is 23.1. The van der Waals surface area contributed by atoms with Crippen molar-refractivity contribution in [2.24, 2.45) is 5.92 Å². The molecule has 15 heteroatoms. The van der Waals surface area contributed by atoms with Crippen LogP contribution in [-0.4, -0.2) is 80.9 Å². The predicted octanol–water partition coefficient (Wildman–Crippen LogP) is 3.72. The van der Waals surface area contributed by atoms with E-state index >= 15 is 0 Å². The number of carboxylic acid groups (broad SMARTS) is 1. The van der Waals surface area contributed by atoms with Crippen LogP contribution in [0.3, 0.4) is 0 Å². The number of rotatable bonds is 9. The number of halogens is 4. The molecule has 4 aliphatic rings. The number of ether oxygens (including phenoxy) is 2. The van der Waals surface area contributed by atoms with Crippen LogP contribution >= 0.6 is 0 Å². The summed E-state index contributed by atoms with van der Waals surface area (Å²) in [6.07, 6.45) is 3.78. The van der Waals surface area contributed by atoms with Crippen LogP contribution in [0.2, 0.25) is 0 Å². The molecular weight excluding hydrogens is 586 g/mol. The lowest BCUT2D eigenvalue weighted by atomic mass is 10.0. The monoisotopic (exact) mass is 623 g/mol. The highest BCUT2D eigenvalue weighted by Gasteiger charge is 2.38. The van der Waals surface area contributed by atoms with Crippen molar-refractivity contribution in [2.75, 3.05) is 32.8 Å². The molecule has 1 aromatic rings. The third-order valence-electron chi connectivity index (χ3n) is 7.92. The summed E-state index contributed by atoms with van der Waals surface area (Å²) in [5.41, 5.74) is 0.543. The molecular formula is C27H37F4N3O7S. The van der Waals surface area contributed by atoms with Crippen molar-refractivity contribution >= 4 is 22.1 Å². The van der Waals surface area contributed by atoms with Gasteiger partial charge in [0.1, 0.15) is 11.6 Å². The molecule has 2 aliphatic carbocycles. The third kappa shape index (κ3) is 9.01. The van der Waals surface area contributed by atoms with Gasteiger partial charge in [0.2, 0.25) is 0 Å². The zero-order chi connectivity index (χ0) is 30.5. The molecule has 10 nitrogen and oxygen atoms in total. The normalized spacial score (nSPS) is 22.4. The lowest BCUT2D eigenvalue weighted by Gasteiger charge is -2.32. The number of piperidine rings is 1. The Balaban J connectivity index is 0.000000517. The Morgan fingerprint density at radius 1 is 1.02 bits per heavy atom. The first-order chi connectivity index (χ1) is 19.8. The van der Waals surface area contributed by atoms with Gasteiger partial charge in [-0.25, -0.2) is 13.9 Å². The fraction of sp³-hybridized carbons (Fsp3) is 0.704. The second-order valence-corrected chi connectivity index (χ2v) is 12.9. The van der Waals surface area contributed by atoms with Gasteiger partial charge in [-0.2, -0.15) is 25.9 Å². The lowest BCUT2D eigenvalue weighted by molar-refractivity contribution is -0.192. The van der Waals surface area contributed by atoms with Gasteiger partial charge in [0.05, 0.1) is 24.4 Å². The van der Waals surface area contributed by atoms with Crippen molar-refractivity contribution in [3.05, 3.63) is 29.1 Å². The van der Waals surface area contributed by atoms with E-state index in [4.69, 9.17) is 19.4 Å². The highest BCUT2D eigenvalue weighted by atomic mass is 32.2. The largest absolute Gasteiger partial charge is 0.493 e. The number of carbonyl (C=O) groups is 2. The minimum Gasteiger partial charge on any atom is -0.493 e. The Morgan fingerprint density at radius 2 is 1.67 bits per heavy atom. The SMILES string of the molecule is O=C(NS(=O)(=O)N1CCC(O[C@@H]2CCNC2)CC1)c1cc(C2CC2)c(OCC2CCCC2)cc1F.O=C(O)C(F)(F)F. The van der Waals surface area contributed by atoms with E-state index in [1.807, 2.05) is 0 Å². The van der Waals surface area contributed by atoms with E-state index in [2.05, 4.69) is 10.0 Å². The van der Waals surface area contributed by atoms with Gasteiger partial charge in [-0.3, -0.25) is 4.79 Å². The molecule has 5 rings (SSSR count). The molecule has 2 saturated carbocycles. The van der Waals surface area contributed by atoms with E-state index < -0.39 is 34.1 Å². The Bertz CT molecular complexity index is 1210. The maximum absolute atomic E-state index is 15.0. The summed E-state index contributed by atoms with van der Waals surface area (Å²) in [7, 11) is -4.08. The minimum atomic E-state index is -5.08. The van der Waals surface area contributed by atoms with Gasteiger partial charge in [-0.05, 0) is 75.0 Å². The summed E-state index contributed by atoms with van der Waals surface area (Å²) >= 11 is 0. The van der Waals surface area contributed by atoms with E-state index in [1.165, 1.54) is 29.3 Å². The van der Waals surface area contributed by atoms with Crippen molar-refractivity contribution in [2.45, 2.75) is 82.1 Å². The number of amides is 1. The molecule has 42 heavy (non-hydrogen) atoms. The standard InChI is InChI=1S/C25H36FN3O5S.C2HF3O2/c26-23-14-24(33-16-17-3-1-2-4-17)21(18-5-6-18)13-22(23)25(30)28-35(31,32)29-11-8-19(9-12-29)34-20-7-10-27-15-20;3-2(4,5)1(6)7/h13-14,17-20,27H,1-12,15-16H2,(H,28,30);(H,6,7)/t20-;/m1./s1. The summed E-state index contributed by atoms with van der Waals surface area (Å²) in [6, 6.07) is 2.74. The van der Waals surface area contributed by atoms with E-state index in [9.17, 15) is 30.8 Å². The average molecular weight is 624 g/mol. The van der Waals surface area contributed by atoms with Gasteiger partial charge < -0.3 is 19.9 Å². The predicted molar refractivity (Wildman–Crippen MR) is 143 cm³/mol. The average Bonchev–Trinajstić information content (AvgIpc) is 3.38. The van der Waals surface area contributed by atoms with E-state index in [0.29, 0.717) is 31.1 Å². The number of benzene rings is 1. The van der Waals surface area contributed by atoms with Crippen molar-refractivity contribution in [3.8, 4) is 5.75 Å². The Hall–Kier alpha value is -2.49. The van der Waals surface area contributed by atoms with Crippen LogP contribution < -0.4 is 14.8 Å². The first-order valence-corrected chi connectivity index (χ1v) is 15.7. The maximum atomic E-state index is 15.0. The molecule has 0 bridgehead atoms. The molecule has 0 unspecified atom stereocenters. The minimum absolute atomic E-state index is 0.0115. The molecule has 4 fully saturated rings. The van der Waals surface area contributed by atoms with Crippen LogP contribution in [0.5, 0.6) is 5.75 Å². The van der Waals surface area contributed by atoms with Crippen molar-refractivity contribution in [1.29, 1.82) is 0 Å². The molecule has 1 aromatic carbocycles. The van der Waals surface area contributed by atoms with Gasteiger partial charge in [-0.15, -0.1) is 0 Å². The van der Waals surface area contributed by atoms with Gasteiger partial charge in [0.15, 0.2) is 0 Å². The number of carbonyl (C=O) groups excluding carboxylic acids is 1. The first kappa shape index (κ1) is 32.4. The van der Waals surface area contributed by atoms with Crippen LogP contribution in [0.1, 0.15) is 79.6 Å². The Morgan fingerprint density at radius 3 is 2.21 bits per heavy atom. The van der Waals surface area contributed by atoms with Gasteiger partial charge >= 0.3 is 22.4 Å². The van der Waals surface area contributed by atoms with Crippen LogP contribution in [0, 0.1) is 11.7 Å². The van der Waals surface area contributed by atoms with E-state index in [0.717, 1.165) is 50.8 Å². The van der Waals surface area contributed by atoms with Gasteiger partial charge in [0, 0.05) is 25.7 Å². The number of alkyl halides is 3. The topological polar surface area (TPSA) is 134 Å². The van der Waals surface area contributed by atoms with Crippen molar-refractivity contribution in [3.63, 3.8) is 0 Å². The highest BCUT2D eigenvalue weighted by molar-refractivity contribution is 7.87. The van der Waals surface area contributed by atoms with Crippen molar-refractivity contribution in [1.82, 2.24) is 14.3 Å². The number of carboxylic acids is 1. The first-order valence-electron chi connectivity index (χ1n) is 14.3. The molecule has 2 saturated heterocycles. The van der Waals surface area contributed by atoms with Gasteiger partial charge in [-0.1, -0.05) is 12.8 Å². The summed E-state index contributed by atoms with van der Waals surface area (Å²) < 4.78 is 87.8. The highest BCUT2D eigenvalue weighted by Crippen LogP contribution is 2.45. The molecule has 1 amide bonds. The second-order valence-electron chi connectivity index (χ2n) is 11.2. The maximum Gasteiger partial charge on any atom is 0.490 e.